The smallest absolute Gasteiger partial charge is 0.0947 e. The molecule has 4 rings (SSSR count). The zero-order valence-corrected chi connectivity index (χ0v) is 16.7. The number of benzene rings is 4. The minimum atomic E-state index is -0.375. The summed E-state index contributed by atoms with van der Waals surface area (Å²) >= 11 is 0. The van der Waals surface area contributed by atoms with Crippen LogP contribution < -0.4 is 5.32 Å². The van der Waals surface area contributed by atoms with Gasteiger partial charge in [-0.25, -0.2) is 0 Å². The topological polar surface area (TPSA) is 12.0 Å². The quantitative estimate of drug-likeness (QED) is 0.285. The summed E-state index contributed by atoms with van der Waals surface area (Å²) in [4.78, 5) is 0. The van der Waals surface area contributed by atoms with Crippen molar-refractivity contribution in [2.75, 3.05) is 6.54 Å². The van der Waals surface area contributed by atoms with E-state index in [1.54, 1.807) is 0 Å². The first-order valence-electron chi connectivity index (χ1n) is 10.3. The predicted octanol–water partition coefficient (Wildman–Crippen LogP) is 6.20. The lowest BCUT2D eigenvalue weighted by Gasteiger charge is -2.37. The van der Waals surface area contributed by atoms with Gasteiger partial charge in [0.25, 0.3) is 0 Å². The molecular formula is C28H27N. The van der Waals surface area contributed by atoms with Crippen LogP contribution in [0.15, 0.2) is 121 Å². The maximum atomic E-state index is 3.95. The van der Waals surface area contributed by atoms with Gasteiger partial charge in [-0.1, -0.05) is 121 Å². The summed E-state index contributed by atoms with van der Waals surface area (Å²) in [7, 11) is 0. The lowest BCUT2D eigenvalue weighted by Crippen LogP contribution is -2.45. The van der Waals surface area contributed by atoms with E-state index in [0.29, 0.717) is 0 Å². The molecule has 0 aliphatic rings. The largest absolute Gasteiger partial charge is 0.300 e. The van der Waals surface area contributed by atoms with Gasteiger partial charge in [-0.15, -0.1) is 0 Å². The van der Waals surface area contributed by atoms with E-state index in [4.69, 9.17) is 0 Å². The van der Waals surface area contributed by atoms with E-state index in [1.807, 2.05) is 0 Å². The Bertz CT molecular complexity index is 883. The molecule has 0 heterocycles. The first kappa shape index (κ1) is 19.2. The molecule has 29 heavy (non-hydrogen) atoms. The molecule has 0 saturated carbocycles. The van der Waals surface area contributed by atoms with Gasteiger partial charge in [-0.05, 0) is 41.6 Å². The van der Waals surface area contributed by atoms with Crippen molar-refractivity contribution in [2.24, 2.45) is 0 Å². The third-order valence-corrected chi connectivity index (χ3v) is 5.50. The van der Waals surface area contributed by atoms with Gasteiger partial charge in [-0.2, -0.15) is 0 Å². The fourth-order valence-electron chi connectivity index (χ4n) is 4.08. The summed E-state index contributed by atoms with van der Waals surface area (Å²) in [6.45, 7) is 0.924. The number of hydrogen-bond donors (Lipinski definition) is 1. The van der Waals surface area contributed by atoms with Crippen LogP contribution >= 0.6 is 0 Å². The van der Waals surface area contributed by atoms with Crippen LogP contribution in [0.2, 0.25) is 0 Å². The molecular weight excluding hydrogens is 350 g/mol. The fourth-order valence-corrected chi connectivity index (χ4v) is 4.08. The molecule has 0 aromatic heterocycles. The summed E-state index contributed by atoms with van der Waals surface area (Å²) in [5.41, 5.74) is 4.80. The average Bonchev–Trinajstić information content (AvgIpc) is 2.82. The summed E-state index contributed by atoms with van der Waals surface area (Å²) in [5, 5.41) is 3.95. The molecule has 0 saturated heterocycles. The highest BCUT2D eigenvalue weighted by Gasteiger charge is 2.35. The highest BCUT2D eigenvalue weighted by molar-refractivity contribution is 5.49. The normalized spacial score (nSPS) is 11.3. The monoisotopic (exact) mass is 377 g/mol. The minimum absolute atomic E-state index is 0.375. The lowest BCUT2D eigenvalue weighted by molar-refractivity contribution is 0.466. The second kappa shape index (κ2) is 9.36. The third-order valence-electron chi connectivity index (χ3n) is 5.50. The maximum Gasteiger partial charge on any atom is 0.0947 e. The van der Waals surface area contributed by atoms with Gasteiger partial charge in [-0.3, -0.25) is 5.32 Å². The summed E-state index contributed by atoms with van der Waals surface area (Å²) < 4.78 is 0. The van der Waals surface area contributed by atoms with Crippen LogP contribution in [0.25, 0.3) is 0 Å². The second-order valence-corrected chi connectivity index (χ2v) is 7.36. The van der Waals surface area contributed by atoms with Crippen LogP contribution in [0.1, 0.15) is 28.7 Å². The van der Waals surface area contributed by atoms with Gasteiger partial charge in [0.05, 0.1) is 5.54 Å². The Morgan fingerprint density at radius 1 is 0.483 bits per heavy atom. The Kier molecular flexibility index (Phi) is 6.19. The van der Waals surface area contributed by atoms with Crippen molar-refractivity contribution in [3.8, 4) is 0 Å². The van der Waals surface area contributed by atoms with Gasteiger partial charge in [0, 0.05) is 0 Å². The molecule has 0 bridgehead atoms. The highest BCUT2D eigenvalue weighted by Crippen LogP contribution is 2.36. The van der Waals surface area contributed by atoms with Gasteiger partial charge in [0.2, 0.25) is 0 Å². The van der Waals surface area contributed by atoms with Gasteiger partial charge in [0.1, 0.15) is 0 Å². The molecule has 1 N–H and O–H groups in total. The van der Waals surface area contributed by atoms with Crippen LogP contribution in [0.4, 0.5) is 0 Å². The SMILES string of the molecule is c1ccc(CCCNC(c2ccccc2)(c2ccccc2)c2ccccc2)cc1. The van der Waals surface area contributed by atoms with E-state index in [2.05, 4.69) is 127 Å². The molecule has 0 aliphatic carbocycles. The van der Waals surface area contributed by atoms with Crippen LogP contribution in [-0.4, -0.2) is 6.54 Å². The summed E-state index contributed by atoms with van der Waals surface area (Å²) in [5.74, 6) is 0. The first-order chi connectivity index (χ1) is 14.4. The predicted molar refractivity (Wildman–Crippen MR) is 122 cm³/mol. The van der Waals surface area contributed by atoms with Gasteiger partial charge < -0.3 is 0 Å². The van der Waals surface area contributed by atoms with E-state index in [9.17, 15) is 0 Å². The first-order valence-corrected chi connectivity index (χ1v) is 10.3. The van der Waals surface area contributed by atoms with Crippen molar-refractivity contribution < 1.29 is 0 Å². The molecule has 4 aromatic carbocycles. The van der Waals surface area contributed by atoms with E-state index >= 15 is 0 Å². The van der Waals surface area contributed by atoms with Crippen molar-refractivity contribution in [3.63, 3.8) is 0 Å². The second-order valence-electron chi connectivity index (χ2n) is 7.36. The molecule has 144 valence electrons. The Labute approximate surface area is 174 Å². The Hall–Kier alpha value is -3.16. The maximum absolute atomic E-state index is 3.95. The number of nitrogens with one attached hydrogen (secondary N) is 1. The van der Waals surface area contributed by atoms with Crippen molar-refractivity contribution in [1.82, 2.24) is 5.32 Å². The van der Waals surface area contributed by atoms with Gasteiger partial charge in [0.15, 0.2) is 0 Å². The molecule has 0 amide bonds. The highest BCUT2D eigenvalue weighted by atomic mass is 15.0. The fraction of sp³-hybridized carbons (Fsp3) is 0.143. The number of rotatable bonds is 8. The summed E-state index contributed by atoms with van der Waals surface area (Å²) in [6, 6.07) is 43.1. The van der Waals surface area contributed by atoms with Crippen LogP contribution in [0.3, 0.4) is 0 Å². The molecule has 0 radical (unpaired) electrons. The van der Waals surface area contributed by atoms with E-state index < -0.39 is 0 Å². The van der Waals surface area contributed by atoms with Crippen molar-refractivity contribution in [1.29, 1.82) is 0 Å². The standard InChI is InChI=1S/C28H27N/c1-5-14-24(15-6-1)16-13-23-29-28(25-17-7-2-8-18-25,26-19-9-3-10-20-26)27-21-11-4-12-22-27/h1-12,14-15,17-22,29H,13,16,23H2. The average molecular weight is 378 g/mol. The van der Waals surface area contributed by atoms with E-state index in [-0.39, 0.29) is 5.54 Å². The minimum Gasteiger partial charge on any atom is -0.300 e. The molecule has 1 nitrogen and oxygen atoms in total. The zero-order valence-electron chi connectivity index (χ0n) is 16.7. The third kappa shape index (κ3) is 4.31. The number of hydrogen-bond acceptors (Lipinski definition) is 1. The Morgan fingerprint density at radius 3 is 1.28 bits per heavy atom. The van der Waals surface area contributed by atoms with Crippen LogP contribution in [-0.2, 0) is 12.0 Å². The molecule has 0 aliphatic heterocycles. The van der Waals surface area contributed by atoms with Crippen molar-refractivity contribution in [3.05, 3.63) is 144 Å². The molecule has 0 unspecified atom stereocenters. The summed E-state index contributed by atoms with van der Waals surface area (Å²) in [6.07, 6.45) is 2.15. The van der Waals surface area contributed by atoms with Crippen LogP contribution in [0, 0.1) is 0 Å². The molecule has 1 heteroatoms. The van der Waals surface area contributed by atoms with E-state index in [0.717, 1.165) is 19.4 Å². The van der Waals surface area contributed by atoms with Crippen LogP contribution in [0.5, 0.6) is 0 Å². The number of aryl methyl sites for hydroxylation is 1. The molecule has 0 atom stereocenters. The van der Waals surface area contributed by atoms with Gasteiger partial charge >= 0.3 is 0 Å². The molecule has 0 spiro atoms. The van der Waals surface area contributed by atoms with Crippen molar-refractivity contribution in [2.45, 2.75) is 18.4 Å². The lowest BCUT2D eigenvalue weighted by atomic mass is 9.77. The zero-order chi connectivity index (χ0) is 19.8. The van der Waals surface area contributed by atoms with Crippen molar-refractivity contribution >= 4 is 0 Å². The molecule has 4 aromatic rings. The molecule has 0 fully saturated rings. The Morgan fingerprint density at radius 2 is 0.862 bits per heavy atom. The van der Waals surface area contributed by atoms with E-state index in [1.165, 1.54) is 22.3 Å². The Balaban J connectivity index is 1.70.